The molecule has 5 nitrogen and oxygen atoms in total. The highest BCUT2D eigenvalue weighted by atomic mass is 16.7. The highest BCUT2D eigenvalue weighted by Crippen LogP contribution is 2.40. The quantitative estimate of drug-likeness (QED) is 0.867. The van der Waals surface area contributed by atoms with E-state index in [-0.39, 0.29) is 17.5 Å². The minimum atomic E-state index is -0.369. The van der Waals surface area contributed by atoms with E-state index in [0.717, 1.165) is 36.7 Å². The lowest BCUT2D eigenvalue weighted by Crippen LogP contribution is -2.37. The van der Waals surface area contributed by atoms with Gasteiger partial charge in [-0.25, -0.2) is 4.79 Å². The van der Waals surface area contributed by atoms with Gasteiger partial charge in [0.2, 0.25) is 0 Å². The molecule has 2 aliphatic rings. The van der Waals surface area contributed by atoms with Crippen LogP contribution in [0.3, 0.4) is 0 Å². The number of aromatic nitrogens is 2. The van der Waals surface area contributed by atoms with Gasteiger partial charge in [-0.05, 0) is 25.0 Å². The Morgan fingerprint density at radius 1 is 1.15 bits per heavy atom. The highest BCUT2D eigenvalue weighted by Gasteiger charge is 2.41. The summed E-state index contributed by atoms with van der Waals surface area (Å²) in [6, 6.07) is 8.09. The van der Waals surface area contributed by atoms with Crippen molar-refractivity contribution in [1.29, 1.82) is 0 Å². The van der Waals surface area contributed by atoms with E-state index in [4.69, 9.17) is 9.47 Å². The van der Waals surface area contributed by atoms with Gasteiger partial charge in [0.25, 0.3) is 0 Å². The van der Waals surface area contributed by atoms with Crippen molar-refractivity contribution in [2.75, 3.05) is 13.2 Å². The number of rotatable bonds is 1. The maximum absolute atomic E-state index is 12.2. The summed E-state index contributed by atoms with van der Waals surface area (Å²) >= 11 is 0. The Morgan fingerprint density at radius 2 is 1.85 bits per heavy atom. The number of para-hydroxylation sites is 2. The maximum Gasteiger partial charge on any atom is 0.326 e. The van der Waals surface area contributed by atoms with E-state index in [9.17, 15) is 4.79 Å². The van der Waals surface area contributed by atoms with Crippen LogP contribution in [0, 0.1) is 0 Å². The van der Waals surface area contributed by atoms with E-state index in [0.29, 0.717) is 13.2 Å². The zero-order chi connectivity index (χ0) is 13.6. The van der Waals surface area contributed by atoms with Gasteiger partial charge in [-0.2, -0.15) is 0 Å². The number of hydrogen-bond donors (Lipinski definition) is 1. The molecule has 5 heteroatoms. The molecule has 0 radical (unpaired) electrons. The third-order valence-electron chi connectivity index (χ3n) is 4.52. The van der Waals surface area contributed by atoms with E-state index in [1.165, 1.54) is 0 Å². The summed E-state index contributed by atoms with van der Waals surface area (Å²) in [5, 5.41) is 0. The minimum Gasteiger partial charge on any atom is -0.348 e. The van der Waals surface area contributed by atoms with Gasteiger partial charge in [-0.3, -0.25) is 4.57 Å². The van der Waals surface area contributed by atoms with Crippen molar-refractivity contribution >= 4 is 11.0 Å². The van der Waals surface area contributed by atoms with E-state index in [2.05, 4.69) is 4.98 Å². The van der Waals surface area contributed by atoms with Crippen molar-refractivity contribution in [1.82, 2.24) is 9.55 Å². The predicted molar refractivity (Wildman–Crippen MR) is 74.7 cm³/mol. The molecule has 0 unspecified atom stereocenters. The first-order valence-corrected chi connectivity index (χ1v) is 7.25. The largest absolute Gasteiger partial charge is 0.348 e. The van der Waals surface area contributed by atoms with Gasteiger partial charge in [0.15, 0.2) is 5.79 Å². The van der Waals surface area contributed by atoms with E-state index < -0.39 is 0 Å². The van der Waals surface area contributed by atoms with Gasteiger partial charge < -0.3 is 14.5 Å². The number of H-pyrrole nitrogens is 1. The number of nitrogens with zero attached hydrogens (tertiary/aromatic N) is 1. The molecule has 4 rings (SSSR count). The lowest BCUT2D eigenvalue weighted by atomic mass is 9.90. The molecule has 2 heterocycles. The van der Waals surface area contributed by atoms with Crippen LogP contribution in [0.5, 0.6) is 0 Å². The van der Waals surface area contributed by atoms with Crippen LogP contribution in [0.4, 0.5) is 0 Å². The molecule has 1 aliphatic carbocycles. The molecule has 2 aromatic rings. The predicted octanol–water partition coefficient (Wildman–Crippen LogP) is 2.19. The number of ether oxygens (including phenoxy) is 2. The zero-order valence-corrected chi connectivity index (χ0v) is 11.3. The van der Waals surface area contributed by atoms with Crippen LogP contribution in [0.1, 0.15) is 31.7 Å². The lowest BCUT2D eigenvalue weighted by Gasteiger charge is -2.35. The fourth-order valence-electron chi connectivity index (χ4n) is 3.52. The van der Waals surface area contributed by atoms with Crippen LogP contribution in [-0.2, 0) is 9.47 Å². The molecule has 0 bridgehead atoms. The number of fused-ring (bicyclic) bond motifs is 1. The zero-order valence-electron chi connectivity index (χ0n) is 11.3. The monoisotopic (exact) mass is 274 g/mol. The highest BCUT2D eigenvalue weighted by molar-refractivity contribution is 5.75. The Morgan fingerprint density at radius 3 is 2.60 bits per heavy atom. The molecule has 1 aromatic carbocycles. The number of aromatic amines is 1. The third-order valence-corrected chi connectivity index (χ3v) is 4.52. The molecule has 106 valence electrons. The average Bonchev–Trinajstić information content (AvgIpc) is 3.04. The number of imidazole rings is 1. The average molecular weight is 274 g/mol. The molecular weight excluding hydrogens is 256 g/mol. The van der Waals surface area contributed by atoms with Crippen molar-refractivity contribution < 1.29 is 9.47 Å². The molecular formula is C15H18N2O3. The van der Waals surface area contributed by atoms with Crippen molar-refractivity contribution in [3.05, 3.63) is 34.7 Å². The number of benzene rings is 1. The van der Waals surface area contributed by atoms with Gasteiger partial charge in [0, 0.05) is 18.9 Å². The van der Waals surface area contributed by atoms with Crippen LogP contribution in [0.25, 0.3) is 11.0 Å². The van der Waals surface area contributed by atoms with Crippen LogP contribution in [-0.4, -0.2) is 28.6 Å². The Hall–Kier alpha value is -1.59. The first kappa shape index (κ1) is 12.2. The molecule has 0 amide bonds. The molecule has 1 aliphatic heterocycles. The van der Waals surface area contributed by atoms with E-state index in [1.54, 1.807) is 0 Å². The van der Waals surface area contributed by atoms with Crippen molar-refractivity contribution in [3.8, 4) is 0 Å². The molecule has 1 aromatic heterocycles. The van der Waals surface area contributed by atoms with Crippen molar-refractivity contribution in [3.63, 3.8) is 0 Å². The van der Waals surface area contributed by atoms with Crippen LogP contribution < -0.4 is 5.69 Å². The summed E-state index contributed by atoms with van der Waals surface area (Å²) in [5.41, 5.74) is 1.89. The third kappa shape index (κ3) is 1.81. The topological polar surface area (TPSA) is 56.2 Å². The fourth-order valence-corrected chi connectivity index (χ4v) is 3.52. The smallest absolute Gasteiger partial charge is 0.326 e. The molecule has 1 saturated carbocycles. The molecule has 1 N–H and O–H groups in total. The first-order valence-electron chi connectivity index (χ1n) is 7.25. The van der Waals surface area contributed by atoms with Gasteiger partial charge in [0.1, 0.15) is 0 Å². The Bertz CT molecular complexity index is 672. The van der Waals surface area contributed by atoms with Crippen molar-refractivity contribution in [2.24, 2.45) is 0 Å². The Labute approximate surface area is 116 Å². The summed E-state index contributed by atoms with van der Waals surface area (Å²) < 4.78 is 13.4. The standard InChI is InChI=1S/C15H18N2O3/c18-14-16-12-3-1-2-4-13(12)17(14)11-5-7-15(8-6-11)19-9-10-20-15/h1-4,11H,5-10H2,(H,16,18). The number of hydrogen-bond acceptors (Lipinski definition) is 3. The molecule has 1 spiro atoms. The van der Waals surface area contributed by atoms with E-state index in [1.807, 2.05) is 28.8 Å². The van der Waals surface area contributed by atoms with Gasteiger partial charge in [-0.15, -0.1) is 0 Å². The normalized spacial score (nSPS) is 22.8. The summed E-state index contributed by atoms with van der Waals surface area (Å²) in [4.78, 5) is 15.1. The van der Waals surface area contributed by atoms with E-state index >= 15 is 0 Å². The van der Waals surface area contributed by atoms with Crippen LogP contribution in [0.15, 0.2) is 29.1 Å². The second-order valence-electron chi connectivity index (χ2n) is 5.66. The molecule has 1 saturated heterocycles. The van der Waals surface area contributed by atoms with Gasteiger partial charge >= 0.3 is 5.69 Å². The Kier molecular flexibility index (Phi) is 2.72. The Balaban J connectivity index is 1.64. The second-order valence-corrected chi connectivity index (χ2v) is 5.66. The van der Waals surface area contributed by atoms with Gasteiger partial charge in [0.05, 0.1) is 24.2 Å². The summed E-state index contributed by atoms with van der Waals surface area (Å²) in [5.74, 6) is -0.369. The number of nitrogens with one attached hydrogen (secondary N) is 1. The van der Waals surface area contributed by atoms with Gasteiger partial charge in [-0.1, -0.05) is 12.1 Å². The first-order chi connectivity index (χ1) is 9.77. The molecule has 2 fully saturated rings. The van der Waals surface area contributed by atoms with Crippen molar-refractivity contribution in [2.45, 2.75) is 37.5 Å². The summed E-state index contributed by atoms with van der Waals surface area (Å²) in [6.45, 7) is 1.38. The van der Waals surface area contributed by atoms with Crippen LogP contribution in [0.2, 0.25) is 0 Å². The van der Waals surface area contributed by atoms with Crippen LogP contribution >= 0.6 is 0 Å². The molecule has 0 atom stereocenters. The maximum atomic E-state index is 12.2. The SMILES string of the molecule is O=c1[nH]c2ccccc2n1C1CCC2(CC1)OCCO2. The lowest BCUT2D eigenvalue weighted by molar-refractivity contribution is -0.181. The minimum absolute atomic E-state index is 0.0135. The molecule has 20 heavy (non-hydrogen) atoms. The summed E-state index contributed by atoms with van der Waals surface area (Å²) in [7, 11) is 0. The summed E-state index contributed by atoms with van der Waals surface area (Å²) in [6.07, 6.45) is 3.57. The fraction of sp³-hybridized carbons (Fsp3) is 0.533. The second kappa shape index (κ2) is 4.46.